The summed E-state index contributed by atoms with van der Waals surface area (Å²) in [5.74, 6) is 1.10. The van der Waals surface area contributed by atoms with Crippen LogP contribution in [0, 0.1) is 5.82 Å². The number of benzene rings is 2. The van der Waals surface area contributed by atoms with Crippen LogP contribution in [0.25, 0.3) is 0 Å². The number of guanidine groups is 1. The molecular weight excluding hydrogens is 498 g/mol. The molecule has 0 aliphatic carbocycles. The third-order valence-corrected chi connectivity index (χ3v) is 4.22. The molecule has 0 aliphatic heterocycles. The summed E-state index contributed by atoms with van der Waals surface area (Å²) in [6, 6.07) is 14.0. The van der Waals surface area contributed by atoms with Crippen LogP contribution in [-0.4, -0.2) is 50.6 Å². The van der Waals surface area contributed by atoms with Crippen LogP contribution < -0.4 is 15.4 Å². The van der Waals surface area contributed by atoms with Gasteiger partial charge < -0.3 is 20.3 Å². The van der Waals surface area contributed by atoms with Crippen molar-refractivity contribution in [2.45, 2.75) is 19.9 Å². The molecule has 0 fully saturated rings. The number of hydrogen-bond acceptors (Lipinski definition) is 3. The third-order valence-electron chi connectivity index (χ3n) is 4.22. The number of amides is 1. The highest BCUT2D eigenvalue weighted by atomic mass is 127. The van der Waals surface area contributed by atoms with Crippen LogP contribution in [0.15, 0.2) is 53.5 Å². The molecule has 1 amide bonds. The molecule has 0 aromatic heterocycles. The van der Waals surface area contributed by atoms with Crippen LogP contribution in [0.4, 0.5) is 4.39 Å². The SMILES string of the molecule is CCNC(=NCCNC(=O)Cc1cccc(F)c1)N(C)Cc1ccc(OC)cc1.I. The number of hydrogen-bond donors (Lipinski definition) is 2. The first kappa shape index (κ1) is 25.7. The first-order valence-electron chi connectivity index (χ1n) is 9.65. The van der Waals surface area contributed by atoms with Gasteiger partial charge in [-0.1, -0.05) is 24.3 Å². The van der Waals surface area contributed by atoms with Crippen molar-refractivity contribution >= 4 is 35.8 Å². The fourth-order valence-electron chi connectivity index (χ4n) is 2.80. The largest absolute Gasteiger partial charge is 0.497 e. The summed E-state index contributed by atoms with van der Waals surface area (Å²) in [7, 11) is 3.61. The van der Waals surface area contributed by atoms with E-state index < -0.39 is 0 Å². The quantitative estimate of drug-likeness (QED) is 0.227. The van der Waals surface area contributed by atoms with Gasteiger partial charge in [0.25, 0.3) is 0 Å². The van der Waals surface area contributed by atoms with Gasteiger partial charge in [-0.3, -0.25) is 9.79 Å². The molecule has 164 valence electrons. The fraction of sp³-hybridized carbons (Fsp3) is 0.364. The van der Waals surface area contributed by atoms with Gasteiger partial charge in [-0.25, -0.2) is 4.39 Å². The average Bonchev–Trinajstić information content (AvgIpc) is 2.71. The van der Waals surface area contributed by atoms with Crippen LogP contribution >= 0.6 is 24.0 Å². The van der Waals surface area contributed by atoms with E-state index in [1.54, 1.807) is 19.2 Å². The molecule has 0 heterocycles. The lowest BCUT2D eigenvalue weighted by Gasteiger charge is -2.22. The van der Waals surface area contributed by atoms with Gasteiger partial charge in [0.2, 0.25) is 5.91 Å². The molecule has 2 rings (SSSR count). The lowest BCUT2D eigenvalue weighted by atomic mass is 10.1. The smallest absolute Gasteiger partial charge is 0.224 e. The second kappa shape index (κ2) is 13.8. The molecule has 0 bridgehead atoms. The summed E-state index contributed by atoms with van der Waals surface area (Å²) < 4.78 is 18.4. The highest BCUT2D eigenvalue weighted by Gasteiger charge is 2.07. The van der Waals surface area contributed by atoms with E-state index in [9.17, 15) is 9.18 Å². The number of aliphatic imine (C=N–C) groups is 1. The highest BCUT2D eigenvalue weighted by Crippen LogP contribution is 2.12. The number of ether oxygens (including phenoxy) is 1. The van der Waals surface area contributed by atoms with Crippen LogP contribution in [0.1, 0.15) is 18.1 Å². The Hall–Kier alpha value is -2.36. The van der Waals surface area contributed by atoms with Crippen LogP contribution in [0.5, 0.6) is 5.75 Å². The Balaban J connectivity index is 0.00000450. The van der Waals surface area contributed by atoms with Crippen molar-refractivity contribution in [3.05, 3.63) is 65.5 Å². The number of carbonyl (C=O) groups excluding carboxylic acids is 1. The van der Waals surface area contributed by atoms with E-state index in [2.05, 4.69) is 15.6 Å². The van der Waals surface area contributed by atoms with Crippen molar-refractivity contribution in [1.82, 2.24) is 15.5 Å². The number of rotatable bonds is 9. The second-order valence-electron chi connectivity index (χ2n) is 6.60. The van der Waals surface area contributed by atoms with Crippen molar-refractivity contribution in [2.75, 3.05) is 33.8 Å². The summed E-state index contributed by atoms with van der Waals surface area (Å²) in [4.78, 5) is 18.6. The Morgan fingerprint density at radius 1 is 1.13 bits per heavy atom. The van der Waals surface area contributed by atoms with Gasteiger partial charge in [0, 0.05) is 26.7 Å². The standard InChI is InChI=1S/C22H29FN4O2.HI/c1-4-24-22(27(2)16-17-8-10-20(29-3)11-9-17)26-13-12-25-21(28)15-18-6-5-7-19(23)14-18;/h5-11,14H,4,12-13,15-16H2,1-3H3,(H,24,26)(H,25,28);1H. The number of nitrogens with one attached hydrogen (secondary N) is 2. The monoisotopic (exact) mass is 528 g/mol. The Labute approximate surface area is 194 Å². The molecule has 0 saturated carbocycles. The molecule has 2 aromatic rings. The number of carbonyl (C=O) groups is 1. The molecule has 0 spiro atoms. The minimum absolute atomic E-state index is 0. The van der Waals surface area contributed by atoms with E-state index in [1.807, 2.05) is 43.1 Å². The van der Waals surface area contributed by atoms with E-state index in [4.69, 9.17) is 4.74 Å². The number of methoxy groups -OCH3 is 1. The highest BCUT2D eigenvalue weighted by molar-refractivity contribution is 14.0. The normalized spacial score (nSPS) is 10.7. The summed E-state index contributed by atoms with van der Waals surface area (Å²) in [6.07, 6.45) is 0.152. The van der Waals surface area contributed by atoms with E-state index in [1.165, 1.54) is 12.1 Å². The Bertz CT molecular complexity index is 815. The maximum absolute atomic E-state index is 13.2. The maximum atomic E-state index is 13.2. The van der Waals surface area contributed by atoms with E-state index in [-0.39, 0.29) is 42.1 Å². The van der Waals surface area contributed by atoms with Crippen LogP contribution in [-0.2, 0) is 17.8 Å². The van der Waals surface area contributed by atoms with E-state index >= 15 is 0 Å². The molecule has 8 heteroatoms. The zero-order valence-corrected chi connectivity index (χ0v) is 20.0. The molecule has 2 aromatic carbocycles. The van der Waals surface area contributed by atoms with Gasteiger partial charge in [-0.2, -0.15) is 0 Å². The lowest BCUT2D eigenvalue weighted by molar-refractivity contribution is -0.120. The molecule has 2 N–H and O–H groups in total. The third kappa shape index (κ3) is 8.98. The second-order valence-corrected chi connectivity index (χ2v) is 6.60. The van der Waals surface area contributed by atoms with Crippen molar-refractivity contribution in [3.8, 4) is 5.75 Å². The van der Waals surface area contributed by atoms with Crippen LogP contribution in [0.3, 0.4) is 0 Å². The fourth-order valence-corrected chi connectivity index (χ4v) is 2.80. The van der Waals surface area contributed by atoms with Crippen molar-refractivity contribution in [2.24, 2.45) is 4.99 Å². The zero-order chi connectivity index (χ0) is 21.1. The first-order valence-corrected chi connectivity index (χ1v) is 9.65. The summed E-state index contributed by atoms with van der Waals surface area (Å²) in [6.45, 7) is 4.32. The Morgan fingerprint density at radius 3 is 2.50 bits per heavy atom. The van der Waals surface area contributed by atoms with Gasteiger partial charge in [0.15, 0.2) is 5.96 Å². The van der Waals surface area contributed by atoms with Gasteiger partial charge in [-0.15, -0.1) is 24.0 Å². The molecule has 30 heavy (non-hydrogen) atoms. The first-order chi connectivity index (χ1) is 14.0. The Morgan fingerprint density at radius 2 is 1.87 bits per heavy atom. The lowest BCUT2D eigenvalue weighted by Crippen LogP contribution is -2.39. The van der Waals surface area contributed by atoms with Crippen LogP contribution in [0.2, 0.25) is 0 Å². The molecule has 0 unspecified atom stereocenters. The van der Waals surface area contributed by atoms with E-state index in [0.29, 0.717) is 25.2 Å². The van der Waals surface area contributed by atoms with Crippen molar-refractivity contribution < 1.29 is 13.9 Å². The molecule has 0 atom stereocenters. The summed E-state index contributed by atoms with van der Waals surface area (Å²) >= 11 is 0. The van der Waals surface area contributed by atoms with Gasteiger partial charge >= 0.3 is 0 Å². The minimum atomic E-state index is -0.338. The maximum Gasteiger partial charge on any atom is 0.224 e. The summed E-state index contributed by atoms with van der Waals surface area (Å²) in [5.41, 5.74) is 1.79. The van der Waals surface area contributed by atoms with Gasteiger partial charge in [0.05, 0.1) is 20.1 Å². The zero-order valence-electron chi connectivity index (χ0n) is 17.7. The van der Waals surface area contributed by atoms with Crippen molar-refractivity contribution in [3.63, 3.8) is 0 Å². The molecule has 0 saturated heterocycles. The van der Waals surface area contributed by atoms with Crippen molar-refractivity contribution in [1.29, 1.82) is 0 Å². The topological polar surface area (TPSA) is 66.0 Å². The van der Waals surface area contributed by atoms with Gasteiger partial charge in [-0.05, 0) is 42.3 Å². The molecule has 6 nitrogen and oxygen atoms in total. The molecular formula is C22H30FIN4O2. The average molecular weight is 528 g/mol. The predicted molar refractivity (Wildman–Crippen MR) is 129 cm³/mol. The minimum Gasteiger partial charge on any atom is -0.497 e. The number of nitrogens with zero attached hydrogens (tertiary/aromatic N) is 2. The Kier molecular flexibility index (Phi) is 11.8. The number of halogens is 2. The predicted octanol–water partition coefficient (Wildman–Crippen LogP) is 3.21. The molecule has 0 radical (unpaired) electrons. The van der Waals surface area contributed by atoms with E-state index in [0.717, 1.165) is 23.8 Å². The summed E-state index contributed by atoms with van der Waals surface area (Å²) in [5, 5.41) is 6.08. The van der Waals surface area contributed by atoms with Gasteiger partial charge in [0.1, 0.15) is 11.6 Å². The molecule has 0 aliphatic rings.